The first-order valence-electron chi connectivity index (χ1n) is 8.48. The molecule has 6 nitrogen and oxygen atoms in total. The summed E-state index contributed by atoms with van der Waals surface area (Å²) >= 11 is 0. The van der Waals surface area contributed by atoms with E-state index in [0.717, 1.165) is 16.3 Å². The van der Waals surface area contributed by atoms with Gasteiger partial charge in [0.1, 0.15) is 11.6 Å². The molecule has 28 heavy (non-hydrogen) atoms. The molecule has 6 heteroatoms. The average Bonchev–Trinajstić information content (AvgIpc) is 2.73. The first-order valence-corrected chi connectivity index (χ1v) is 8.48. The molecule has 134 valence electrons. The highest BCUT2D eigenvalue weighted by atomic mass is 16.6. The molecule has 0 saturated carbocycles. The van der Waals surface area contributed by atoms with Gasteiger partial charge in [-0.1, -0.05) is 48.5 Å². The normalized spacial score (nSPS) is 10.5. The van der Waals surface area contributed by atoms with Gasteiger partial charge in [-0.3, -0.25) is 14.9 Å². The van der Waals surface area contributed by atoms with Gasteiger partial charge in [0.25, 0.3) is 11.2 Å². The van der Waals surface area contributed by atoms with E-state index in [4.69, 9.17) is 0 Å². The highest BCUT2D eigenvalue weighted by Gasteiger charge is 2.15. The smallest absolute Gasteiger partial charge is 0.270 e. The highest BCUT2D eigenvalue weighted by Crippen LogP contribution is 2.29. The van der Waals surface area contributed by atoms with E-state index >= 15 is 0 Å². The van der Waals surface area contributed by atoms with Crippen LogP contribution in [0.4, 0.5) is 5.69 Å². The quantitative estimate of drug-likeness (QED) is 0.421. The Bertz CT molecular complexity index is 1330. The van der Waals surface area contributed by atoms with Crippen molar-refractivity contribution in [2.24, 2.45) is 0 Å². The van der Waals surface area contributed by atoms with Gasteiger partial charge < -0.3 is 4.98 Å². The van der Waals surface area contributed by atoms with E-state index in [9.17, 15) is 20.2 Å². The number of nitro groups is 1. The molecule has 0 radical (unpaired) electrons. The van der Waals surface area contributed by atoms with Crippen molar-refractivity contribution in [1.82, 2.24) is 4.98 Å². The third-order valence-corrected chi connectivity index (χ3v) is 4.57. The number of rotatable bonds is 3. The predicted octanol–water partition coefficient (Wildman–Crippen LogP) is 4.64. The van der Waals surface area contributed by atoms with E-state index in [1.165, 1.54) is 18.2 Å². The topological polar surface area (TPSA) is 99.8 Å². The van der Waals surface area contributed by atoms with E-state index < -0.39 is 10.5 Å². The number of nitrogens with zero attached hydrogens (tertiary/aromatic N) is 2. The van der Waals surface area contributed by atoms with Gasteiger partial charge in [0.05, 0.1) is 4.92 Å². The zero-order valence-electron chi connectivity index (χ0n) is 14.5. The molecule has 3 aromatic carbocycles. The molecule has 0 spiro atoms. The molecule has 0 saturated heterocycles. The Labute approximate surface area is 159 Å². The number of fused-ring (bicyclic) bond motifs is 1. The van der Waals surface area contributed by atoms with Gasteiger partial charge in [-0.05, 0) is 34.0 Å². The van der Waals surface area contributed by atoms with Crippen LogP contribution in [0.15, 0.2) is 77.6 Å². The van der Waals surface area contributed by atoms with E-state index in [1.807, 2.05) is 48.5 Å². The van der Waals surface area contributed by atoms with Crippen LogP contribution in [0.25, 0.3) is 33.2 Å². The van der Waals surface area contributed by atoms with E-state index in [1.54, 1.807) is 12.1 Å². The van der Waals surface area contributed by atoms with Crippen LogP contribution in [0.5, 0.6) is 0 Å². The molecule has 4 aromatic rings. The summed E-state index contributed by atoms with van der Waals surface area (Å²) in [6.07, 6.45) is 0. The number of non-ortho nitro benzene ring substituents is 1. The molecule has 0 unspecified atom stereocenters. The molecule has 0 amide bonds. The molecule has 1 N–H and O–H groups in total. The number of pyridine rings is 1. The zero-order valence-corrected chi connectivity index (χ0v) is 14.5. The Morgan fingerprint density at radius 1 is 0.893 bits per heavy atom. The fourth-order valence-electron chi connectivity index (χ4n) is 3.20. The number of aromatic amines is 1. The summed E-state index contributed by atoms with van der Waals surface area (Å²) in [6.45, 7) is 0. The van der Waals surface area contributed by atoms with Gasteiger partial charge in [-0.15, -0.1) is 0 Å². The first kappa shape index (κ1) is 17.2. The summed E-state index contributed by atoms with van der Waals surface area (Å²) in [7, 11) is 0. The fraction of sp³-hybridized carbons (Fsp3) is 0. The number of hydrogen-bond acceptors (Lipinski definition) is 4. The third-order valence-electron chi connectivity index (χ3n) is 4.57. The molecule has 0 atom stereocenters. The summed E-state index contributed by atoms with van der Waals surface area (Å²) < 4.78 is 0. The van der Waals surface area contributed by atoms with Crippen LogP contribution in [-0.4, -0.2) is 9.91 Å². The van der Waals surface area contributed by atoms with Crippen molar-refractivity contribution < 1.29 is 4.92 Å². The SMILES string of the molecule is N#Cc1c(-c2cccc([N+](=O)[O-])c2)cc(-c2ccc3ccccc3c2)[nH]c1=O. The number of nitriles is 1. The maximum absolute atomic E-state index is 12.5. The second kappa shape index (κ2) is 6.82. The summed E-state index contributed by atoms with van der Waals surface area (Å²) in [5.41, 5.74) is 1.41. The largest absolute Gasteiger partial charge is 0.321 e. The number of aromatic nitrogens is 1. The lowest BCUT2D eigenvalue weighted by Gasteiger charge is -2.09. The van der Waals surface area contributed by atoms with Gasteiger partial charge in [0.15, 0.2) is 0 Å². The number of nitro benzene ring substituents is 1. The van der Waals surface area contributed by atoms with E-state index in [2.05, 4.69) is 4.98 Å². The number of nitrogens with one attached hydrogen (secondary N) is 1. The lowest BCUT2D eigenvalue weighted by atomic mass is 9.98. The van der Waals surface area contributed by atoms with Crippen molar-refractivity contribution in [3.05, 3.63) is 98.8 Å². The van der Waals surface area contributed by atoms with Gasteiger partial charge in [0.2, 0.25) is 0 Å². The first-order chi connectivity index (χ1) is 13.6. The van der Waals surface area contributed by atoms with Crippen LogP contribution in [0.1, 0.15) is 5.56 Å². The molecule has 1 heterocycles. The summed E-state index contributed by atoms with van der Waals surface area (Å²) in [4.78, 5) is 25.8. The number of hydrogen-bond donors (Lipinski definition) is 1. The van der Waals surface area contributed by atoms with Crippen LogP contribution < -0.4 is 5.56 Å². The Hall–Kier alpha value is -4.24. The fourth-order valence-corrected chi connectivity index (χ4v) is 3.20. The molecular weight excluding hydrogens is 354 g/mol. The molecule has 4 rings (SSSR count). The van der Waals surface area contributed by atoms with Gasteiger partial charge in [0, 0.05) is 23.4 Å². The van der Waals surface area contributed by atoms with Crippen LogP contribution >= 0.6 is 0 Å². The molecule has 0 aliphatic rings. The van der Waals surface area contributed by atoms with Crippen molar-refractivity contribution in [1.29, 1.82) is 5.26 Å². The summed E-state index contributed by atoms with van der Waals surface area (Å²) in [6, 6.07) is 23.1. The summed E-state index contributed by atoms with van der Waals surface area (Å²) in [5.74, 6) is 0. The van der Waals surface area contributed by atoms with Crippen molar-refractivity contribution in [2.45, 2.75) is 0 Å². The van der Waals surface area contributed by atoms with Crippen molar-refractivity contribution >= 4 is 16.5 Å². The minimum Gasteiger partial charge on any atom is -0.321 e. The predicted molar refractivity (Wildman–Crippen MR) is 107 cm³/mol. The Morgan fingerprint density at radius 2 is 1.68 bits per heavy atom. The van der Waals surface area contributed by atoms with Crippen molar-refractivity contribution in [2.75, 3.05) is 0 Å². The molecule has 1 aromatic heterocycles. The monoisotopic (exact) mass is 367 g/mol. The summed E-state index contributed by atoms with van der Waals surface area (Å²) in [5, 5.41) is 22.6. The molecular formula is C22H13N3O3. The standard InChI is InChI=1S/C22H13N3O3/c23-13-20-19(16-6-3-7-18(11-16)25(27)28)12-21(24-22(20)26)17-9-8-14-4-1-2-5-15(14)10-17/h1-12H,(H,24,26). The van der Waals surface area contributed by atoms with E-state index in [-0.39, 0.29) is 11.3 Å². The minimum atomic E-state index is -0.533. The van der Waals surface area contributed by atoms with Crippen LogP contribution in [0.3, 0.4) is 0 Å². The maximum Gasteiger partial charge on any atom is 0.270 e. The second-order valence-corrected chi connectivity index (χ2v) is 6.28. The van der Waals surface area contributed by atoms with Crippen LogP contribution in [0.2, 0.25) is 0 Å². The Morgan fingerprint density at radius 3 is 2.43 bits per heavy atom. The molecule has 0 aliphatic heterocycles. The molecule has 0 bridgehead atoms. The van der Waals surface area contributed by atoms with Crippen molar-refractivity contribution in [3.63, 3.8) is 0 Å². The van der Waals surface area contributed by atoms with Gasteiger partial charge >= 0.3 is 0 Å². The van der Waals surface area contributed by atoms with E-state index in [0.29, 0.717) is 16.8 Å². The number of H-pyrrole nitrogens is 1. The average molecular weight is 367 g/mol. The lowest BCUT2D eigenvalue weighted by molar-refractivity contribution is -0.384. The minimum absolute atomic E-state index is 0.0787. The molecule has 0 aliphatic carbocycles. The van der Waals surface area contributed by atoms with Crippen LogP contribution in [-0.2, 0) is 0 Å². The molecule has 0 fully saturated rings. The number of benzene rings is 3. The zero-order chi connectivity index (χ0) is 19.7. The lowest BCUT2D eigenvalue weighted by Crippen LogP contribution is -2.12. The van der Waals surface area contributed by atoms with Crippen LogP contribution in [0, 0.1) is 21.4 Å². The van der Waals surface area contributed by atoms with Gasteiger partial charge in [-0.2, -0.15) is 5.26 Å². The Balaban J connectivity index is 1.93. The maximum atomic E-state index is 12.5. The van der Waals surface area contributed by atoms with Gasteiger partial charge in [-0.25, -0.2) is 0 Å². The second-order valence-electron chi connectivity index (χ2n) is 6.28. The Kier molecular flexibility index (Phi) is 4.18. The van der Waals surface area contributed by atoms with Crippen molar-refractivity contribution in [3.8, 4) is 28.5 Å². The highest BCUT2D eigenvalue weighted by molar-refractivity contribution is 5.87. The third kappa shape index (κ3) is 3.02.